The maximum atomic E-state index is 2.46. The molecule has 0 aliphatic heterocycles. The zero-order chi connectivity index (χ0) is 41.8. The minimum Gasteiger partial charge on any atom is -0.310 e. The average molecular weight is 794 g/mol. The summed E-state index contributed by atoms with van der Waals surface area (Å²) >= 11 is 0. The number of fused-ring (bicyclic) bond motifs is 12. The van der Waals surface area contributed by atoms with Crippen LogP contribution >= 0.6 is 0 Å². The molecule has 0 unspecified atom stereocenters. The van der Waals surface area contributed by atoms with E-state index in [0.29, 0.717) is 0 Å². The first-order valence-corrected chi connectivity index (χ1v) is 22.0. The molecule has 0 bridgehead atoms. The Kier molecular flexibility index (Phi) is 7.91. The van der Waals surface area contributed by atoms with Crippen molar-refractivity contribution < 1.29 is 0 Å². The SMILES string of the molecule is CC1(C)c2ccccc2-c2ccc(N(c3cccc(-c4ccccc4)c3)c3cccc(-c4ccc5c(c4)-c4ccccc4C54c5ccccc5C(C)(C)c5ccccc54)c3)cc21. The minimum atomic E-state index is -0.406. The molecule has 3 aliphatic rings. The molecule has 0 heterocycles. The van der Waals surface area contributed by atoms with E-state index in [-0.39, 0.29) is 10.8 Å². The molecular formula is C61H47N. The van der Waals surface area contributed by atoms with Crippen molar-refractivity contribution in [3.8, 4) is 44.5 Å². The fourth-order valence-corrected chi connectivity index (χ4v) is 11.6. The van der Waals surface area contributed by atoms with Crippen LogP contribution in [-0.4, -0.2) is 0 Å². The third-order valence-corrected chi connectivity index (χ3v) is 14.5. The van der Waals surface area contributed by atoms with Gasteiger partial charge in [-0.05, 0) is 131 Å². The quantitative estimate of drug-likeness (QED) is 0.168. The molecule has 0 radical (unpaired) electrons. The van der Waals surface area contributed by atoms with Gasteiger partial charge in [0.1, 0.15) is 0 Å². The molecule has 0 fully saturated rings. The Bertz CT molecular complexity index is 3210. The van der Waals surface area contributed by atoms with Gasteiger partial charge in [0.05, 0.1) is 5.41 Å². The highest BCUT2D eigenvalue weighted by Crippen LogP contribution is 2.62. The van der Waals surface area contributed by atoms with E-state index in [9.17, 15) is 0 Å². The largest absolute Gasteiger partial charge is 0.310 e. The van der Waals surface area contributed by atoms with Crippen molar-refractivity contribution in [2.45, 2.75) is 43.9 Å². The molecule has 1 heteroatoms. The molecule has 1 spiro atoms. The van der Waals surface area contributed by atoms with Gasteiger partial charge >= 0.3 is 0 Å². The molecule has 9 aromatic rings. The van der Waals surface area contributed by atoms with Crippen LogP contribution in [0.25, 0.3) is 44.5 Å². The van der Waals surface area contributed by atoms with E-state index in [2.05, 4.69) is 245 Å². The lowest BCUT2D eigenvalue weighted by Gasteiger charge is -2.46. The van der Waals surface area contributed by atoms with Gasteiger partial charge in [-0.3, -0.25) is 0 Å². The Labute approximate surface area is 365 Å². The van der Waals surface area contributed by atoms with E-state index < -0.39 is 5.41 Å². The molecule has 296 valence electrons. The lowest BCUT2D eigenvalue weighted by Crippen LogP contribution is -2.40. The van der Waals surface area contributed by atoms with Crippen LogP contribution in [0.15, 0.2) is 212 Å². The van der Waals surface area contributed by atoms with E-state index in [1.54, 1.807) is 0 Å². The summed E-state index contributed by atoms with van der Waals surface area (Å²) in [6.45, 7) is 9.51. The van der Waals surface area contributed by atoms with Crippen LogP contribution in [0.1, 0.15) is 72.2 Å². The first-order chi connectivity index (χ1) is 30.3. The van der Waals surface area contributed by atoms with Crippen molar-refractivity contribution in [1.82, 2.24) is 0 Å². The van der Waals surface area contributed by atoms with Crippen molar-refractivity contribution in [2.24, 2.45) is 0 Å². The molecule has 0 saturated carbocycles. The van der Waals surface area contributed by atoms with Gasteiger partial charge in [-0.25, -0.2) is 0 Å². The summed E-state index contributed by atoms with van der Waals surface area (Å²) in [4.78, 5) is 2.45. The Morgan fingerprint density at radius 2 is 0.694 bits per heavy atom. The minimum absolute atomic E-state index is 0.117. The first kappa shape index (κ1) is 36.6. The summed E-state index contributed by atoms with van der Waals surface area (Å²) in [6.07, 6.45) is 0. The molecular weight excluding hydrogens is 747 g/mol. The second kappa shape index (κ2) is 13.4. The van der Waals surface area contributed by atoms with E-state index >= 15 is 0 Å². The topological polar surface area (TPSA) is 3.24 Å². The maximum Gasteiger partial charge on any atom is 0.0719 e. The third-order valence-electron chi connectivity index (χ3n) is 14.5. The zero-order valence-electron chi connectivity index (χ0n) is 35.7. The summed E-state index contributed by atoms with van der Waals surface area (Å²) < 4.78 is 0. The zero-order valence-corrected chi connectivity index (χ0v) is 35.7. The third kappa shape index (κ3) is 5.09. The van der Waals surface area contributed by atoms with E-state index in [1.807, 2.05) is 0 Å². The van der Waals surface area contributed by atoms with Crippen LogP contribution in [0, 0.1) is 0 Å². The highest BCUT2D eigenvalue weighted by atomic mass is 15.1. The summed E-state index contributed by atoms with van der Waals surface area (Å²) in [7, 11) is 0. The second-order valence-electron chi connectivity index (χ2n) is 18.5. The summed E-state index contributed by atoms with van der Waals surface area (Å²) in [5.41, 5.74) is 23.8. The molecule has 3 aliphatic carbocycles. The molecule has 0 N–H and O–H groups in total. The van der Waals surface area contributed by atoms with Gasteiger partial charge in [-0.2, -0.15) is 0 Å². The van der Waals surface area contributed by atoms with Gasteiger partial charge in [0.15, 0.2) is 0 Å². The van der Waals surface area contributed by atoms with Crippen LogP contribution in [0.5, 0.6) is 0 Å². The predicted octanol–water partition coefficient (Wildman–Crippen LogP) is 15.8. The normalized spacial score (nSPS) is 15.2. The molecule has 0 saturated heterocycles. The fraction of sp³-hybridized carbons (Fsp3) is 0.115. The number of nitrogens with zero attached hydrogens (tertiary/aromatic N) is 1. The van der Waals surface area contributed by atoms with Gasteiger partial charge in [-0.15, -0.1) is 0 Å². The van der Waals surface area contributed by atoms with Gasteiger partial charge in [-0.1, -0.05) is 198 Å². The molecule has 12 rings (SSSR count). The summed E-state index contributed by atoms with van der Waals surface area (Å²) in [5.74, 6) is 0. The summed E-state index contributed by atoms with van der Waals surface area (Å²) in [5, 5.41) is 0. The van der Waals surface area contributed by atoms with Gasteiger partial charge in [0.25, 0.3) is 0 Å². The Morgan fingerprint density at radius 3 is 1.34 bits per heavy atom. The number of hydrogen-bond acceptors (Lipinski definition) is 1. The predicted molar refractivity (Wildman–Crippen MR) is 259 cm³/mol. The van der Waals surface area contributed by atoms with Crippen LogP contribution in [0.2, 0.25) is 0 Å². The lowest BCUT2D eigenvalue weighted by molar-refractivity contribution is 0.563. The van der Waals surface area contributed by atoms with Crippen molar-refractivity contribution in [3.63, 3.8) is 0 Å². The van der Waals surface area contributed by atoms with Crippen molar-refractivity contribution in [3.05, 3.63) is 257 Å². The first-order valence-electron chi connectivity index (χ1n) is 22.0. The Morgan fingerprint density at radius 1 is 0.258 bits per heavy atom. The van der Waals surface area contributed by atoms with Crippen molar-refractivity contribution in [1.29, 1.82) is 0 Å². The Balaban J connectivity index is 1.03. The van der Waals surface area contributed by atoms with Crippen molar-refractivity contribution >= 4 is 17.1 Å². The molecule has 0 atom stereocenters. The molecule has 0 amide bonds. The van der Waals surface area contributed by atoms with E-state index in [1.165, 1.54) is 89.0 Å². The molecule has 0 aromatic heterocycles. The Hall–Kier alpha value is -7.22. The highest BCUT2D eigenvalue weighted by molar-refractivity contribution is 5.92. The molecule has 1 nitrogen and oxygen atoms in total. The van der Waals surface area contributed by atoms with Gasteiger partial charge < -0.3 is 4.90 Å². The smallest absolute Gasteiger partial charge is 0.0719 e. The van der Waals surface area contributed by atoms with E-state index in [4.69, 9.17) is 0 Å². The lowest BCUT2D eigenvalue weighted by atomic mass is 9.55. The van der Waals surface area contributed by atoms with E-state index in [0.717, 1.165) is 17.1 Å². The second-order valence-corrected chi connectivity index (χ2v) is 18.5. The number of hydrogen-bond donors (Lipinski definition) is 0. The van der Waals surface area contributed by atoms with Gasteiger partial charge in [0, 0.05) is 27.9 Å². The van der Waals surface area contributed by atoms with Crippen LogP contribution in [-0.2, 0) is 16.2 Å². The monoisotopic (exact) mass is 793 g/mol. The molecule has 9 aromatic carbocycles. The van der Waals surface area contributed by atoms with Crippen molar-refractivity contribution in [2.75, 3.05) is 4.90 Å². The fourth-order valence-electron chi connectivity index (χ4n) is 11.6. The van der Waals surface area contributed by atoms with Gasteiger partial charge in [0.2, 0.25) is 0 Å². The number of anilines is 3. The number of benzene rings is 9. The van der Waals surface area contributed by atoms with Crippen LogP contribution in [0.3, 0.4) is 0 Å². The summed E-state index contributed by atoms with van der Waals surface area (Å²) in [6, 6.07) is 79.6. The molecule has 62 heavy (non-hydrogen) atoms. The average Bonchev–Trinajstić information content (AvgIpc) is 3.74. The highest BCUT2D eigenvalue weighted by Gasteiger charge is 2.53. The number of rotatable bonds is 5. The van der Waals surface area contributed by atoms with Crippen LogP contribution in [0.4, 0.5) is 17.1 Å². The maximum absolute atomic E-state index is 2.46. The van der Waals surface area contributed by atoms with Crippen LogP contribution < -0.4 is 4.90 Å². The standard InChI is InChI=1S/C61H47N/c1-59(2)51-26-10-8-24-47(51)49-34-33-46(39-58(49)59)62(44-22-16-20-41(36-44)40-18-6-5-7-19-40)45-23-17-21-42(37-45)43-32-35-53-50(38-43)48-25-9-11-27-52(48)61(53)56-30-14-12-28-54(56)60(3,4)55-29-13-15-31-57(55)61/h5-39H,1-4H3.